The van der Waals surface area contributed by atoms with E-state index in [9.17, 15) is 13.5 Å². The number of nitrogens with zero attached hydrogens (tertiary/aromatic N) is 1. The summed E-state index contributed by atoms with van der Waals surface area (Å²) in [4.78, 5) is 0.145. The first kappa shape index (κ1) is 16.4. The molecule has 5 nitrogen and oxygen atoms in total. The van der Waals surface area contributed by atoms with E-state index < -0.39 is 15.6 Å². The SMILES string of the molecule is COc1ccc(S(=O)(=O)N(C)CC(C)(C)O)cc1Br. The van der Waals surface area contributed by atoms with Gasteiger partial charge >= 0.3 is 0 Å². The fraction of sp³-hybridized carbons (Fsp3) is 0.500. The highest BCUT2D eigenvalue weighted by Crippen LogP contribution is 2.28. The molecule has 7 heteroatoms. The molecular weight excluding hydrogens is 334 g/mol. The Balaban J connectivity index is 3.10. The second-order valence-corrected chi connectivity index (χ2v) is 7.77. The van der Waals surface area contributed by atoms with E-state index in [2.05, 4.69) is 15.9 Å². The summed E-state index contributed by atoms with van der Waals surface area (Å²) < 4.78 is 31.4. The number of benzene rings is 1. The van der Waals surface area contributed by atoms with Gasteiger partial charge in [-0.05, 0) is 48.0 Å². The Morgan fingerprint density at radius 2 is 2.00 bits per heavy atom. The van der Waals surface area contributed by atoms with Crippen LogP contribution >= 0.6 is 15.9 Å². The number of rotatable bonds is 5. The van der Waals surface area contributed by atoms with Gasteiger partial charge in [0.05, 0.1) is 22.1 Å². The van der Waals surface area contributed by atoms with Crippen molar-refractivity contribution < 1.29 is 18.3 Å². The van der Waals surface area contributed by atoms with Crippen LogP contribution in [0.2, 0.25) is 0 Å². The molecule has 0 saturated carbocycles. The van der Waals surface area contributed by atoms with E-state index in [0.29, 0.717) is 10.2 Å². The maximum absolute atomic E-state index is 12.3. The molecule has 1 rings (SSSR count). The van der Waals surface area contributed by atoms with Crippen LogP contribution in [0.15, 0.2) is 27.6 Å². The van der Waals surface area contributed by atoms with Gasteiger partial charge in [0, 0.05) is 13.6 Å². The molecule has 19 heavy (non-hydrogen) atoms. The lowest BCUT2D eigenvalue weighted by Crippen LogP contribution is -2.39. The highest BCUT2D eigenvalue weighted by atomic mass is 79.9. The fourth-order valence-electron chi connectivity index (χ4n) is 1.62. The summed E-state index contributed by atoms with van der Waals surface area (Å²) in [6, 6.07) is 4.53. The van der Waals surface area contributed by atoms with Crippen LogP contribution in [-0.2, 0) is 10.0 Å². The van der Waals surface area contributed by atoms with E-state index in [1.165, 1.54) is 26.3 Å². The summed E-state index contributed by atoms with van der Waals surface area (Å²) in [7, 11) is -0.687. The average molecular weight is 352 g/mol. The number of aliphatic hydroxyl groups is 1. The van der Waals surface area contributed by atoms with Crippen molar-refractivity contribution in [1.82, 2.24) is 4.31 Å². The van der Waals surface area contributed by atoms with Gasteiger partial charge in [-0.3, -0.25) is 0 Å². The molecular formula is C12H18BrNO4S. The van der Waals surface area contributed by atoms with E-state index in [-0.39, 0.29) is 11.4 Å². The van der Waals surface area contributed by atoms with Crippen LogP contribution in [0, 0.1) is 0 Å². The molecule has 0 amide bonds. The summed E-state index contributed by atoms with van der Waals surface area (Å²) in [5.41, 5.74) is -1.09. The monoisotopic (exact) mass is 351 g/mol. The van der Waals surface area contributed by atoms with E-state index in [4.69, 9.17) is 4.74 Å². The predicted octanol–water partition coefficient (Wildman–Crippen LogP) is 1.85. The van der Waals surface area contributed by atoms with Gasteiger partial charge in [-0.1, -0.05) is 0 Å². The lowest BCUT2D eigenvalue weighted by Gasteiger charge is -2.25. The molecule has 1 N–H and O–H groups in total. The van der Waals surface area contributed by atoms with E-state index in [1.807, 2.05) is 0 Å². The number of hydrogen-bond acceptors (Lipinski definition) is 4. The third kappa shape index (κ3) is 4.17. The van der Waals surface area contributed by atoms with E-state index >= 15 is 0 Å². The predicted molar refractivity (Wildman–Crippen MR) is 76.8 cm³/mol. The average Bonchev–Trinajstić information content (AvgIpc) is 2.26. The minimum atomic E-state index is -3.63. The van der Waals surface area contributed by atoms with Gasteiger partial charge in [-0.15, -0.1) is 0 Å². The summed E-state index contributed by atoms with van der Waals surface area (Å²) in [5.74, 6) is 0.559. The Labute approximate surface area is 122 Å². The first-order valence-electron chi connectivity index (χ1n) is 5.60. The molecule has 0 aliphatic carbocycles. The number of likely N-dealkylation sites (N-methyl/N-ethyl adjacent to an activating group) is 1. The summed E-state index contributed by atoms with van der Waals surface area (Å²) in [5, 5.41) is 9.70. The third-order valence-corrected chi connectivity index (χ3v) is 4.86. The van der Waals surface area contributed by atoms with Crippen molar-refractivity contribution in [2.24, 2.45) is 0 Å². The van der Waals surface area contributed by atoms with Gasteiger partial charge in [0.1, 0.15) is 5.75 Å². The van der Waals surface area contributed by atoms with Crippen molar-refractivity contribution in [3.05, 3.63) is 22.7 Å². The Bertz CT molecular complexity index is 551. The number of methoxy groups -OCH3 is 1. The van der Waals surface area contributed by atoms with Gasteiger partial charge in [0.2, 0.25) is 10.0 Å². The summed E-state index contributed by atoms with van der Waals surface area (Å²) >= 11 is 3.25. The lowest BCUT2D eigenvalue weighted by molar-refractivity contribution is 0.0640. The molecule has 0 spiro atoms. The minimum absolute atomic E-state index is 0.0129. The highest BCUT2D eigenvalue weighted by Gasteiger charge is 2.26. The molecule has 0 saturated heterocycles. The smallest absolute Gasteiger partial charge is 0.242 e. The lowest BCUT2D eigenvalue weighted by atomic mass is 10.1. The van der Waals surface area contributed by atoms with Crippen molar-refractivity contribution in [3.63, 3.8) is 0 Å². The van der Waals surface area contributed by atoms with E-state index in [0.717, 1.165) is 4.31 Å². The van der Waals surface area contributed by atoms with Gasteiger partial charge < -0.3 is 9.84 Å². The zero-order chi connectivity index (χ0) is 14.8. The molecule has 0 fully saturated rings. The molecule has 0 heterocycles. The van der Waals surface area contributed by atoms with Gasteiger partial charge in [-0.2, -0.15) is 4.31 Å². The molecule has 0 bridgehead atoms. The van der Waals surface area contributed by atoms with Crippen LogP contribution in [0.1, 0.15) is 13.8 Å². The molecule has 1 aromatic rings. The highest BCUT2D eigenvalue weighted by molar-refractivity contribution is 9.10. The Hall–Kier alpha value is -0.630. The second-order valence-electron chi connectivity index (χ2n) is 4.87. The number of ether oxygens (including phenoxy) is 1. The van der Waals surface area contributed by atoms with Gasteiger partial charge in [0.25, 0.3) is 0 Å². The molecule has 0 aromatic heterocycles. The zero-order valence-electron chi connectivity index (χ0n) is 11.3. The van der Waals surface area contributed by atoms with Crippen molar-refractivity contribution >= 4 is 26.0 Å². The Morgan fingerprint density at radius 1 is 1.42 bits per heavy atom. The van der Waals surface area contributed by atoms with E-state index in [1.54, 1.807) is 19.9 Å². The number of sulfonamides is 1. The Kier molecular flexibility index (Phi) is 5.00. The van der Waals surface area contributed by atoms with Gasteiger partial charge in [-0.25, -0.2) is 8.42 Å². The first-order valence-corrected chi connectivity index (χ1v) is 7.83. The van der Waals surface area contributed by atoms with Crippen LogP contribution in [-0.4, -0.2) is 44.1 Å². The quantitative estimate of drug-likeness (QED) is 0.878. The maximum atomic E-state index is 12.3. The number of hydrogen-bond donors (Lipinski definition) is 1. The molecule has 0 atom stereocenters. The maximum Gasteiger partial charge on any atom is 0.242 e. The topological polar surface area (TPSA) is 66.8 Å². The molecule has 0 aliphatic heterocycles. The zero-order valence-corrected chi connectivity index (χ0v) is 13.7. The van der Waals surface area contributed by atoms with Crippen LogP contribution in [0.3, 0.4) is 0 Å². The van der Waals surface area contributed by atoms with Crippen LogP contribution < -0.4 is 4.74 Å². The molecule has 1 aromatic carbocycles. The van der Waals surface area contributed by atoms with Crippen LogP contribution in [0.25, 0.3) is 0 Å². The van der Waals surface area contributed by atoms with Gasteiger partial charge in [0.15, 0.2) is 0 Å². The second kappa shape index (κ2) is 5.78. The van der Waals surface area contributed by atoms with Crippen molar-refractivity contribution in [1.29, 1.82) is 0 Å². The van der Waals surface area contributed by atoms with Crippen molar-refractivity contribution in [3.8, 4) is 5.75 Å². The summed E-state index contributed by atoms with van der Waals surface area (Å²) in [6.45, 7) is 3.13. The molecule has 0 aliphatic rings. The standard InChI is InChI=1S/C12H18BrNO4S/c1-12(2,15)8-14(3)19(16,17)9-5-6-11(18-4)10(13)7-9/h5-7,15H,8H2,1-4H3. The number of halogens is 1. The van der Waals surface area contributed by atoms with Crippen LogP contribution in [0.5, 0.6) is 5.75 Å². The molecule has 0 radical (unpaired) electrons. The van der Waals surface area contributed by atoms with Crippen molar-refractivity contribution in [2.45, 2.75) is 24.3 Å². The Morgan fingerprint density at radius 3 is 2.42 bits per heavy atom. The normalized spacial score (nSPS) is 12.8. The largest absolute Gasteiger partial charge is 0.496 e. The van der Waals surface area contributed by atoms with Crippen molar-refractivity contribution in [2.75, 3.05) is 20.7 Å². The first-order chi connectivity index (χ1) is 8.58. The summed E-state index contributed by atoms with van der Waals surface area (Å²) in [6.07, 6.45) is 0. The van der Waals surface area contributed by atoms with Crippen LogP contribution in [0.4, 0.5) is 0 Å². The fourth-order valence-corrected chi connectivity index (χ4v) is 3.66. The third-order valence-electron chi connectivity index (χ3n) is 2.44. The molecule has 108 valence electrons. The minimum Gasteiger partial charge on any atom is -0.496 e. The molecule has 0 unspecified atom stereocenters.